The molecule has 2 N–H and O–H groups in total. The molecule has 0 spiro atoms. The summed E-state index contributed by atoms with van der Waals surface area (Å²) >= 11 is 0. The van der Waals surface area contributed by atoms with Crippen molar-refractivity contribution in [3.8, 4) is 29.2 Å². The van der Waals surface area contributed by atoms with E-state index in [1.165, 1.54) is 10.5 Å². The highest BCUT2D eigenvalue weighted by Crippen LogP contribution is 2.38. The number of rotatable bonds is 13. The smallest absolute Gasteiger partial charge is 0.326 e. The summed E-state index contributed by atoms with van der Waals surface area (Å²) in [6.45, 7) is 9.37. The average molecular weight is 642 g/mol. The van der Waals surface area contributed by atoms with Gasteiger partial charge >= 0.3 is 6.03 Å². The Hall–Kier alpha value is -5.42. The number of carbonyl (C=O) groups is 1. The lowest BCUT2D eigenvalue weighted by molar-refractivity contribution is 0.256. The minimum atomic E-state index is -0.389. The maximum atomic E-state index is 14.1. The molecule has 0 radical (unpaired) electrons. The number of H-pyrrole nitrogens is 1. The molecule has 0 fully saturated rings. The van der Waals surface area contributed by atoms with Crippen LogP contribution in [-0.2, 0) is 6.42 Å². The zero-order valence-corrected chi connectivity index (χ0v) is 28.1. The van der Waals surface area contributed by atoms with Crippen LogP contribution < -0.4 is 20.5 Å². The Balaban J connectivity index is 1.43. The first-order valence-corrected chi connectivity index (χ1v) is 16.5. The number of fused-ring (bicyclic) bond motifs is 1. The van der Waals surface area contributed by atoms with Crippen molar-refractivity contribution >= 4 is 28.4 Å². The molecule has 0 saturated heterocycles. The fourth-order valence-corrected chi connectivity index (χ4v) is 5.76. The van der Waals surface area contributed by atoms with E-state index < -0.39 is 0 Å². The molecule has 48 heavy (non-hydrogen) atoms. The van der Waals surface area contributed by atoms with E-state index in [1.807, 2.05) is 42.7 Å². The van der Waals surface area contributed by atoms with Gasteiger partial charge in [0.2, 0.25) is 0 Å². The summed E-state index contributed by atoms with van der Waals surface area (Å²) in [5, 5.41) is 3.95. The minimum Gasteiger partial charge on any atom is -0.494 e. The number of pyridine rings is 3. The fourth-order valence-electron chi connectivity index (χ4n) is 5.76. The second-order valence-electron chi connectivity index (χ2n) is 12.5. The molecule has 3 aromatic heterocycles. The summed E-state index contributed by atoms with van der Waals surface area (Å²) in [6, 6.07) is 21.5. The van der Waals surface area contributed by atoms with Crippen LogP contribution >= 0.6 is 0 Å². The maximum absolute atomic E-state index is 14.1. The zero-order chi connectivity index (χ0) is 34.0. The number of aromatic amines is 1. The molecule has 2 aromatic carbocycles. The van der Waals surface area contributed by atoms with Crippen molar-refractivity contribution in [1.29, 1.82) is 0 Å². The van der Waals surface area contributed by atoms with Crippen molar-refractivity contribution in [3.63, 3.8) is 0 Å². The Morgan fingerprint density at radius 1 is 0.938 bits per heavy atom. The van der Waals surface area contributed by atoms with Crippen molar-refractivity contribution in [1.82, 2.24) is 15.0 Å². The largest absolute Gasteiger partial charge is 0.494 e. The Bertz CT molecular complexity index is 1930. The molecular weight excluding hydrogens is 598 g/mol. The molecule has 0 atom stereocenters. The highest BCUT2D eigenvalue weighted by molar-refractivity contribution is 6.03. The van der Waals surface area contributed by atoms with E-state index in [2.05, 4.69) is 78.1 Å². The van der Waals surface area contributed by atoms with Gasteiger partial charge in [-0.25, -0.2) is 9.78 Å². The number of ether oxygens (including phenoxy) is 1. The number of hydrogen-bond acceptors (Lipinski definition) is 5. The van der Waals surface area contributed by atoms with Crippen molar-refractivity contribution in [2.45, 2.75) is 65.2 Å². The molecule has 2 amide bonds. The molecule has 0 aliphatic heterocycles. The predicted octanol–water partition coefficient (Wildman–Crippen LogP) is 8.70. The third kappa shape index (κ3) is 8.29. The molecule has 3 heterocycles. The Morgan fingerprint density at radius 2 is 1.69 bits per heavy atom. The number of unbranched alkanes of at least 4 members (excludes halogenated alkanes) is 1. The highest BCUT2D eigenvalue weighted by atomic mass is 16.5. The van der Waals surface area contributed by atoms with Crippen LogP contribution in [0.5, 0.6) is 5.75 Å². The number of aryl methyl sites for hydroxylation is 1. The molecule has 246 valence electrons. The van der Waals surface area contributed by atoms with Crippen LogP contribution in [0.2, 0.25) is 0 Å². The standard InChI is InChI=1S/C40H43N5O3/c1-6-7-8-21-45(36-26-31-14-10-18-42-38(31)44-39(36)46)40(47)43-37-34(27(2)3)24-32(25-35(37)28(4)5)30-13-9-15-33(23-30)48-22-11-12-29-16-19-41-20-17-29/h1,9-10,13-20,23-28H,7-8,11-12,21-22H2,2-5H3,(H,43,47)(H,42,44,46). The molecular formula is C40H43N5O3. The van der Waals surface area contributed by atoms with Gasteiger partial charge in [0.25, 0.3) is 5.56 Å². The SMILES string of the molecule is C#CCCCN(C(=O)Nc1c(C(C)C)cc(-c2cccc(OCCCc3ccncc3)c2)cc1C(C)C)c1cc2cccnc2[nH]c1=O. The van der Waals surface area contributed by atoms with Gasteiger partial charge in [-0.05, 0) is 114 Å². The van der Waals surface area contributed by atoms with E-state index in [1.54, 1.807) is 18.3 Å². The lowest BCUT2D eigenvalue weighted by Gasteiger charge is -2.27. The highest BCUT2D eigenvalue weighted by Gasteiger charge is 2.24. The van der Waals surface area contributed by atoms with Gasteiger partial charge in [0, 0.05) is 42.6 Å². The maximum Gasteiger partial charge on any atom is 0.326 e. The van der Waals surface area contributed by atoms with Gasteiger partial charge in [0.05, 0.1) is 6.61 Å². The van der Waals surface area contributed by atoms with E-state index in [0.29, 0.717) is 25.1 Å². The average Bonchev–Trinajstić information content (AvgIpc) is 3.09. The van der Waals surface area contributed by atoms with E-state index in [-0.39, 0.29) is 35.7 Å². The topological polar surface area (TPSA) is 100 Å². The molecule has 0 unspecified atom stereocenters. The number of benzene rings is 2. The summed E-state index contributed by atoms with van der Waals surface area (Å²) in [5.41, 5.74) is 6.43. The second-order valence-corrected chi connectivity index (χ2v) is 12.5. The van der Waals surface area contributed by atoms with E-state index >= 15 is 0 Å². The summed E-state index contributed by atoms with van der Waals surface area (Å²) in [6.07, 6.45) is 13.6. The van der Waals surface area contributed by atoms with Gasteiger partial charge in [-0.1, -0.05) is 39.8 Å². The number of urea groups is 1. The van der Waals surface area contributed by atoms with Crippen LogP contribution in [0.25, 0.3) is 22.2 Å². The summed E-state index contributed by atoms with van der Waals surface area (Å²) < 4.78 is 6.14. The lowest BCUT2D eigenvalue weighted by Crippen LogP contribution is -2.39. The van der Waals surface area contributed by atoms with Crippen LogP contribution in [0, 0.1) is 12.3 Å². The third-order valence-electron chi connectivity index (χ3n) is 8.31. The molecule has 8 heteroatoms. The van der Waals surface area contributed by atoms with Crippen molar-refractivity contribution in [2.24, 2.45) is 0 Å². The number of aromatic nitrogens is 3. The molecule has 0 aliphatic carbocycles. The van der Waals surface area contributed by atoms with Crippen molar-refractivity contribution in [3.05, 3.63) is 112 Å². The van der Waals surface area contributed by atoms with Gasteiger partial charge in [-0.2, -0.15) is 0 Å². The minimum absolute atomic E-state index is 0.107. The van der Waals surface area contributed by atoms with Gasteiger partial charge in [-0.3, -0.25) is 14.7 Å². The number of hydrogen-bond donors (Lipinski definition) is 2. The first kappa shape index (κ1) is 33.9. The van der Waals surface area contributed by atoms with E-state index in [9.17, 15) is 9.59 Å². The van der Waals surface area contributed by atoms with Crippen LogP contribution in [0.15, 0.2) is 90.1 Å². The summed E-state index contributed by atoms with van der Waals surface area (Å²) in [7, 11) is 0. The van der Waals surface area contributed by atoms with Crippen LogP contribution in [0.3, 0.4) is 0 Å². The first-order valence-electron chi connectivity index (χ1n) is 16.5. The number of carbonyl (C=O) groups excluding carboxylic acids is 1. The fraction of sp³-hybridized carbons (Fsp3) is 0.300. The Morgan fingerprint density at radius 3 is 2.40 bits per heavy atom. The van der Waals surface area contributed by atoms with Crippen LogP contribution in [-0.4, -0.2) is 34.1 Å². The quantitative estimate of drug-likeness (QED) is 0.0990. The molecule has 0 saturated carbocycles. The van der Waals surface area contributed by atoms with Gasteiger partial charge < -0.3 is 15.0 Å². The van der Waals surface area contributed by atoms with E-state index in [4.69, 9.17) is 11.2 Å². The normalized spacial score (nSPS) is 11.1. The molecule has 0 aliphatic rings. The molecule has 8 nitrogen and oxygen atoms in total. The van der Waals surface area contributed by atoms with Gasteiger partial charge in [0.15, 0.2) is 0 Å². The first-order chi connectivity index (χ1) is 23.2. The Labute approximate surface area is 282 Å². The second kappa shape index (κ2) is 15.9. The lowest BCUT2D eigenvalue weighted by atomic mass is 9.88. The van der Waals surface area contributed by atoms with Crippen LogP contribution in [0.1, 0.15) is 75.5 Å². The number of amides is 2. The van der Waals surface area contributed by atoms with Crippen LogP contribution in [0.4, 0.5) is 16.2 Å². The molecule has 5 aromatic rings. The number of nitrogens with zero attached hydrogens (tertiary/aromatic N) is 3. The third-order valence-corrected chi connectivity index (χ3v) is 8.31. The monoisotopic (exact) mass is 641 g/mol. The number of anilines is 2. The molecule has 0 bridgehead atoms. The van der Waals surface area contributed by atoms with Gasteiger partial charge in [-0.15, -0.1) is 12.3 Å². The number of terminal acetylenes is 1. The van der Waals surface area contributed by atoms with E-state index in [0.717, 1.165) is 51.9 Å². The molecule has 5 rings (SSSR count). The van der Waals surface area contributed by atoms with Crippen molar-refractivity contribution in [2.75, 3.05) is 23.4 Å². The summed E-state index contributed by atoms with van der Waals surface area (Å²) in [5.74, 6) is 3.67. The Kier molecular flexibility index (Phi) is 11.3. The number of nitrogens with one attached hydrogen (secondary N) is 2. The predicted molar refractivity (Wildman–Crippen MR) is 195 cm³/mol. The summed E-state index contributed by atoms with van der Waals surface area (Å²) in [4.78, 5) is 40.0. The zero-order valence-electron chi connectivity index (χ0n) is 28.1. The van der Waals surface area contributed by atoms with Gasteiger partial charge in [0.1, 0.15) is 17.1 Å². The van der Waals surface area contributed by atoms with Crippen molar-refractivity contribution < 1.29 is 9.53 Å².